The molecule has 24 heavy (non-hydrogen) atoms. The van der Waals surface area contributed by atoms with Crippen molar-refractivity contribution in [3.63, 3.8) is 0 Å². The van der Waals surface area contributed by atoms with Crippen LogP contribution in [0.5, 0.6) is 0 Å². The minimum absolute atomic E-state index is 0.359. The van der Waals surface area contributed by atoms with Crippen LogP contribution < -0.4 is 5.32 Å². The zero-order chi connectivity index (χ0) is 16.6. The molecular weight excluding hydrogens is 304 g/mol. The molecule has 3 heterocycles. The predicted octanol–water partition coefficient (Wildman–Crippen LogP) is 2.57. The summed E-state index contributed by atoms with van der Waals surface area (Å²) in [6.45, 7) is 2.81. The molecule has 0 aliphatic carbocycles. The van der Waals surface area contributed by atoms with Crippen molar-refractivity contribution in [2.24, 2.45) is 0 Å². The van der Waals surface area contributed by atoms with Gasteiger partial charge in [0.2, 0.25) is 0 Å². The maximum absolute atomic E-state index is 5.48. The topological polar surface area (TPSA) is 69.2 Å². The molecule has 2 aromatic rings. The van der Waals surface area contributed by atoms with Crippen LogP contribution in [0.3, 0.4) is 0 Å². The average Bonchev–Trinajstić information content (AvgIpc) is 3.15. The predicted molar refractivity (Wildman–Crippen MR) is 92.0 cm³/mol. The Morgan fingerprint density at radius 2 is 2.29 bits per heavy atom. The number of hydrogen-bond donors (Lipinski definition) is 1. The number of nitrogens with zero attached hydrogens (tertiary/aromatic N) is 3. The van der Waals surface area contributed by atoms with Gasteiger partial charge in [-0.05, 0) is 31.4 Å². The molecule has 1 fully saturated rings. The first-order valence-corrected chi connectivity index (χ1v) is 8.43. The van der Waals surface area contributed by atoms with Gasteiger partial charge >= 0.3 is 0 Å². The van der Waals surface area contributed by atoms with Gasteiger partial charge in [0.15, 0.2) is 5.82 Å². The number of rotatable bonds is 8. The highest BCUT2D eigenvalue weighted by Gasteiger charge is 2.20. The summed E-state index contributed by atoms with van der Waals surface area (Å²) in [6.07, 6.45) is 4.80. The highest BCUT2D eigenvalue weighted by Crippen LogP contribution is 2.25. The zero-order valence-electron chi connectivity index (χ0n) is 14.1. The Bertz CT molecular complexity index is 630. The number of hydrogen-bond acceptors (Lipinski definition) is 6. The van der Waals surface area contributed by atoms with E-state index in [9.17, 15) is 0 Å². The highest BCUT2D eigenvalue weighted by atomic mass is 16.5. The van der Waals surface area contributed by atoms with Crippen LogP contribution in [-0.2, 0) is 22.5 Å². The normalized spacial score (nSPS) is 17.1. The molecular formula is C18H24N4O2. The zero-order valence-corrected chi connectivity index (χ0v) is 14.1. The molecule has 0 amide bonds. The van der Waals surface area contributed by atoms with Gasteiger partial charge in [0.1, 0.15) is 12.4 Å². The van der Waals surface area contributed by atoms with Crippen molar-refractivity contribution < 1.29 is 9.47 Å². The summed E-state index contributed by atoms with van der Waals surface area (Å²) in [5.41, 5.74) is 2.16. The molecule has 3 rings (SSSR count). The van der Waals surface area contributed by atoms with Crippen LogP contribution in [0.1, 0.15) is 36.0 Å². The van der Waals surface area contributed by atoms with E-state index in [-0.39, 0.29) is 0 Å². The number of anilines is 1. The first-order chi connectivity index (χ1) is 11.8. The van der Waals surface area contributed by atoms with Crippen LogP contribution in [0.2, 0.25) is 0 Å². The lowest BCUT2D eigenvalue weighted by atomic mass is 10.0. The van der Waals surface area contributed by atoms with Crippen molar-refractivity contribution in [3.05, 3.63) is 47.7 Å². The van der Waals surface area contributed by atoms with E-state index in [4.69, 9.17) is 9.47 Å². The Morgan fingerprint density at radius 3 is 3.04 bits per heavy atom. The Hall–Kier alpha value is -2.05. The molecule has 1 saturated heterocycles. The van der Waals surface area contributed by atoms with Crippen molar-refractivity contribution in [2.75, 3.05) is 32.2 Å². The van der Waals surface area contributed by atoms with Crippen LogP contribution in [0.15, 0.2) is 30.5 Å². The van der Waals surface area contributed by atoms with Gasteiger partial charge in [0.25, 0.3) is 0 Å². The smallest absolute Gasteiger partial charge is 0.156 e. The summed E-state index contributed by atoms with van der Waals surface area (Å²) in [7, 11) is 1.66. The van der Waals surface area contributed by atoms with Crippen LogP contribution in [-0.4, -0.2) is 41.8 Å². The quantitative estimate of drug-likeness (QED) is 0.751. The second-order valence-electron chi connectivity index (χ2n) is 5.94. The summed E-state index contributed by atoms with van der Waals surface area (Å²) in [6, 6.07) is 8.06. The van der Waals surface area contributed by atoms with Gasteiger partial charge in [-0.1, -0.05) is 6.07 Å². The Labute approximate surface area is 142 Å². The van der Waals surface area contributed by atoms with Crippen LogP contribution in [0.25, 0.3) is 0 Å². The number of pyridine rings is 1. The van der Waals surface area contributed by atoms with E-state index in [2.05, 4.69) is 26.3 Å². The molecule has 0 spiro atoms. The molecule has 0 radical (unpaired) electrons. The number of aryl methyl sites for hydroxylation is 1. The number of methoxy groups -OCH3 is 1. The van der Waals surface area contributed by atoms with Gasteiger partial charge in [0.05, 0.1) is 12.3 Å². The molecule has 128 valence electrons. The van der Waals surface area contributed by atoms with Gasteiger partial charge in [-0.25, -0.2) is 9.97 Å². The molecule has 0 saturated carbocycles. The largest absolute Gasteiger partial charge is 0.381 e. The van der Waals surface area contributed by atoms with Crippen molar-refractivity contribution in [1.29, 1.82) is 0 Å². The summed E-state index contributed by atoms with van der Waals surface area (Å²) >= 11 is 0. The van der Waals surface area contributed by atoms with Crippen molar-refractivity contribution >= 4 is 5.82 Å². The van der Waals surface area contributed by atoms with Crippen molar-refractivity contribution in [3.8, 4) is 0 Å². The molecule has 1 aliphatic heterocycles. The summed E-state index contributed by atoms with van der Waals surface area (Å²) in [4.78, 5) is 13.5. The number of aromatic nitrogens is 3. The highest BCUT2D eigenvalue weighted by molar-refractivity contribution is 5.37. The van der Waals surface area contributed by atoms with E-state index in [0.29, 0.717) is 18.3 Å². The second-order valence-corrected chi connectivity index (χ2v) is 5.94. The Morgan fingerprint density at radius 1 is 1.33 bits per heavy atom. The maximum atomic E-state index is 5.48. The van der Waals surface area contributed by atoms with E-state index < -0.39 is 0 Å². The lowest BCUT2D eigenvalue weighted by Gasteiger charge is -2.12. The van der Waals surface area contributed by atoms with Crippen LogP contribution in [0.4, 0.5) is 5.82 Å². The van der Waals surface area contributed by atoms with E-state index in [0.717, 1.165) is 56.2 Å². The lowest BCUT2D eigenvalue weighted by Crippen LogP contribution is -2.11. The Kier molecular flexibility index (Phi) is 6.09. The molecule has 6 heteroatoms. The first kappa shape index (κ1) is 16.8. The summed E-state index contributed by atoms with van der Waals surface area (Å²) in [5, 5.41) is 3.40. The summed E-state index contributed by atoms with van der Waals surface area (Å²) < 4.78 is 10.7. The number of ether oxygens (including phenoxy) is 2. The van der Waals surface area contributed by atoms with E-state index in [1.165, 1.54) is 0 Å². The van der Waals surface area contributed by atoms with E-state index >= 15 is 0 Å². The van der Waals surface area contributed by atoms with Crippen molar-refractivity contribution in [1.82, 2.24) is 15.0 Å². The fourth-order valence-electron chi connectivity index (χ4n) is 2.81. The molecule has 0 unspecified atom stereocenters. The number of nitrogens with one attached hydrogen (secondary N) is 1. The molecule has 0 aromatic carbocycles. The Balaban J connectivity index is 1.59. The van der Waals surface area contributed by atoms with Gasteiger partial charge in [-0.2, -0.15) is 0 Å². The molecule has 6 nitrogen and oxygen atoms in total. The molecule has 0 bridgehead atoms. The minimum Gasteiger partial charge on any atom is -0.381 e. The van der Waals surface area contributed by atoms with Gasteiger partial charge in [-0.15, -0.1) is 0 Å². The van der Waals surface area contributed by atoms with Crippen LogP contribution in [0, 0.1) is 0 Å². The fraction of sp³-hybridized carbons (Fsp3) is 0.500. The first-order valence-electron chi connectivity index (χ1n) is 8.43. The molecule has 2 aromatic heterocycles. The van der Waals surface area contributed by atoms with E-state index in [1.807, 2.05) is 24.4 Å². The fourth-order valence-corrected chi connectivity index (χ4v) is 2.81. The molecule has 1 aliphatic rings. The lowest BCUT2D eigenvalue weighted by molar-refractivity contribution is 0.177. The third-order valence-corrected chi connectivity index (χ3v) is 4.06. The van der Waals surface area contributed by atoms with Crippen molar-refractivity contribution in [2.45, 2.75) is 31.8 Å². The summed E-state index contributed by atoms with van der Waals surface area (Å²) in [5.74, 6) is 1.94. The molecule has 1 N–H and O–H groups in total. The molecule has 1 atom stereocenters. The second kappa shape index (κ2) is 8.70. The van der Waals surface area contributed by atoms with Gasteiger partial charge < -0.3 is 14.8 Å². The third-order valence-electron chi connectivity index (χ3n) is 4.06. The van der Waals surface area contributed by atoms with Gasteiger partial charge in [-0.3, -0.25) is 4.98 Å². The maximum Gasteiger partial charge on any atom is 0.156 e. The van der Waals surface area contributed by atoms with Crippen LogP contribution >= 0.6 is 0 Å². The minimum atomic E-state index is 0.359. The standard InChI is InChI=1S/C18H24N4O2/c1-23-13-18-21-16(14-7-10-24-12-14)11-17(22-18)20-9-4-6-15-5-2-3-8-19-15/h2-3,5,8,11,14H,4,6-7,9-10,12-13H2,1H3,(H,20,21,22)/t14-/m1/s1. The SMILES string of the molecule is COCc1nc(NCCCc2ccccn2)cc([C@@H]2CCOC2)n1. The van der Waals surface area contributed by atoms with E-state index in [1.54, 1.807) is 7.11 Å². The average molecular weight is 328 g/mol. The third kappa shape index (κ3) is 4.72. The van der Waals surface area contributed by atoms with Gasteiger partial charge in [0, 0.05) is 44.1 Å². The monoisotopic (exact) mass is 328 g/mol.